The zero-order chi connectivity index (χ0) is 13.9. The van der Waals surface area contributed by atoms with E-state index in [1.807, 2.05) is 11.3 Å². The van der Waals surface area contributed by atoms with Crippen molar-refractivity contribution >= 4 is 11.3 Å². The first-order valence-electron chi connectivity index (χ1n) is 8.07. The van der Waals surface area contributed by atoms with Gasteiger partial charge in [-0.15, -0.1) is 11.3 Å². The molecule has 0 aromatic carbocycles. The van der Waals surface area contributed by atoms with Crippen molar-refractivity contribution in [3.05, 3.63) is 22.4 Å². The second-order valence-electron chi connectivity index (χ2n) is 5.52. The van der Waals surface area contributed by atoms with E-state index in [1.54, 1.807) is 0 Å². The summed E-state index contributed by atoms with van der Waals surface area (Å²) in [5.41, 5.74) is 0. The molecule has 0 aliphatic heterocycles. The minimum absolute atomic E-state index is 0.710. The van der Waals surface area contributed by atoms with E-state index in [2.05, 4.69) is 43.6 Å². The SMILES string of the molecule is CCCNC(CCc1cccs1)C(CCC)CCC. The van der Waals surface area contributed by atoms with Crippen molar-refractivity contribution in [2.45, 2.75) is 71.8 Å². The smallest absolute Gasteiger partial charge is 0.00987 e. The van der Waals surface area contributed by atoms with E-state index in [0.29, 0.717) is 6.04 Å². The van der Waals surface area contributed by atoms with Gasteiger partial charge >= 0.3 is 0 Å². The van der Waals surface area contributed by atoms with Crippen molar-refractivity contribution < 1.29 is 0 Å². The van der Waals surface area contributed by atoms with Gasteiger partial charge in [-0.05, 0) is 56.0 Å². The van der Waals surface area contributed by atoms with Crippen molar-refractivity contribution in [3.63, 3.8) is 0 Å². The fourth-order valence-corrected chi connectivity index (χ4v) is 3.60. The van der Waals surface area contributed by atoms with Gasteiger partial charge < -0.3 is 5.32 Å². The third kappa shape index (κ3) is 6.58. The fourth-order valence-electron chi connectivity index (χ4n) is 2.88. The molecule has 1 atom stereocenters. The van der Waals surface area contributed by atoms with Crippen molar-refractivity contribution in [1.29, 1.82) is 0 Å². The molecular weight excluding hydrogens is 250 g/mol. The average Bonchev–Trinajstić information content (AvgIpc) is 2.92. The Balaban J connectivity index is 2.51. The quantitative estimate of drug-likeness (QED) is 0.583. The van der Waals surface area contributed by atoms with Crippen LogP contribution in [-0.4, -0.2) is 12.6 Å². The highest BCUT2D eigenvalue weighted by molar-refractivity contribution is 7.09. The maximum absolute atomic E-state index is 3.81. The lowest BCUT2D eigenvalue weighted by molar-refractivity contribution is 0.297. The van der Waals surface area contributed by atoms with E-state index in [9.17, 15) is 0 Å². The summed E-state index contributed by atoms with van der Waals surface area (Å²) in [7, 11) is 0. The molecule has 1 rings (SSSR count). The van der Waals surface area contributed by atoms with Gasteiger partial charge in [-0.25, -0.2) is 0 Å². The summed E-state index contributed by atoms with van der Waals surface area (Å²) in [6, 6.07) is 5.15. The van der Waals surface area contributed by atoms with E-state index in [0.717, 1.165) is 5.92 Å². The highest BCUT2D eigenvalue weighted by Crippen LogP contribution is 2.22. The van der Waals surface area contributed by atoms with Gasteiger partial charge in [0.25, 0.3) is 0 Å². The monoisotopic (exact) mass is 281 g/mol. The number of nitrogens with one attached hydrogen (secondary N) is 1. The second kappa shape index (κ2) is 10.4. The Morgan fingerprint density at radius 3 is 2.32 bits per heavy atom. The highest BCUT2D eigenvalue weighted by Gasteiger charge is 2.19. The van der Waals surface area contributed by atoms with Gasteiger partial charge in [-0.3, -0.25) is 0 Å². The van der Waals surface area contributed by atoms with Gasteiger partial charge in [-0.1, -0.05) is 39.7 Å². The molecule has 0 radical (unpaired) electrons. The van der Waals surface area contributed by atoms with Crippen LogP contribution >= 0.6 is 11.3 Å². The largest absolute Gasteiger partial charge is 0.314 e. The molecule has 1 N–H and O–H groups in total. The number of rotatable bonds is 11. The summed E-state index contributed by atoms with van der Waals surface area (Å²) >= 11 is 1.90. The van der Waals surface area contributed by atoms with Crippen molar-refractivity contribution in [3.8, 4) is 0 Å². The molecule has 1 heterocycles. The Bertz CT molecular complexity index is 288. The topological polar surface area (TPSA) is 12.0 Å². The molecule has 0 saturated carbocycles. The van der Waals surface area contributed by atoms with E-state index >= 15 is 0 Å². The molecule has 1 aromatic rings. The van der Waals surface area contributed by atoms with Crippen LogP contribution in [0.1, 0.15) is 64.2 Å². The molecule has 0 aliphatic carbocycles. The standard InChI is InChI=1S/C17H31NS/c1-4-8-15(9-5-2)17(18-13-6-3)12-11-16-10-7-14-19-16/h7,10,14-15,17-18H,4-6,8-9,11-13H2,1-3H3. The van der Waals surface area contributed by atoms with Crippen LogP contribution < -0.4 is 5.32 Å². The molecule has 19 heavy (non-hydrogen) atoms. The molecule has 0 spiro atoms. The molecule has 1 nitrogen and oxygen atoms in total. The molecule has 0 aliphatic rings. The van der Waals surface area contributed by atoms with Crippen LogP contribution in [0.15, 0.2) is 17.5 Å². The van der Waals surface area contributed by atoms with Gasteiger partial charge in [0.2, 0.25) is 0 Å². The van der Waals surface area contributed by atoms with Crippen molar-refractivity contribution in [2.24, 2.45) is 5.92 Å². The van der Waals surface area contributed by atoms with Crippen molar-refractivity contribution in [2.75, 3.05) is 6.54 Å². The molecule has 0 amide bonds. The lowest BCUT2D eigenvalue weighted by Crippen LogP contribution is -2.37. The lowest BCUT2D eigenvalue weighted by Gasteiger charge is -2.28. The molecule has 1 aromatic heterocycles. The van der Waals surface area contributed by atoms with E-state index in [4.69, 9.17) is 0 Å². The predicted molar refractivity (Wildman–Crippen MR) is 88.0 cm³/mol. The number of hydrogen-bond acceptors (Lipinski definition) is 2. The van der Waals surface area contributed by atoms with E-state index in [-0.39, 0.29) is 0 Å². The first-order chi connectivity index (χ1) is 9.31. The summed E-state index contributed by atoms with van der Waals surface area (Å²) in [4.78, 5) is 1.54. The summed E-state index contributed by atoms with van der Waals surface area (Å²) < 4.78 is 0. The first kappa shape index (κ1) is 16.7. The summed E-state index contributed by atoms with van der Waals surface area (Å²) in [5, 5.41) is 6.00. The van der Waals surface area contributed by atoms with Gasteiger partial charge in [0.1, 0.15) is 0 Å². The van der Waals surface area contributed by atoms with E-state index in [1.165, 1.54) is 56.4 Å². The molecule has 110 valence electrons. The van der Waals surface area contributed by atoms with Crippen LogP contribution in [0.5, 0.6) is 0 Å². The Labute approximate surface area is 123 Å². The molecule has 1 unspecified atom stereocenters. The lowest BCUT2D eigenvalue weighted by atomic mass is 9.87. The minimum Gasteiger partial charge on any atom is -0.314 e. The number of aryl methyl sites for hydroxylation is 1. The Hall–Kier alpha value is -0.340. The third-order valence-corrected chi connectivity index (χ3v) is 4.76. The van der Waals surface area contributed by atoms with Crippen molar-refractivity contribution in [1.82, 2.24) is 5.32 Å². The second-order valence-corrected chi connectivity index (χ2v) is 6.55. The molecule has 2 heteroatoms. The summed E-state index contributed by atoms with van der Waals surface area (Å²) in [6.45, 7) is 8.06. The number of thiophene rings is 1. The third-order valence-electron chi connectivity index (χ3n) is 3.83. The van der Waals surface area contributed by atoms with Crippen LogP contribution in [0.3, 0.4) is 0 Å². The van der Waals surface area contributed by atoms with Gasteiger partial charge in [-0.2, -0.15) is 0 Å². The van der Waals surface area contributed by atoms with Crippen LogP contribution in [0.4, 0.5) is 0 Å². The van der Waals surface area contributed by atoms with Crippen LogP contribution in [0.2, 0.25) is 0 Å². The first-order valence-corrected chi connectivity index (χ1v) is 8.95. The van der Waals surface area contributed by atoms with Gasteiger partial charge in [0, 0.05) is 10.9 Å². The highest BCUT2D eigenvalue weighted by atomic mass is 32.1. The predicted octanol–water partition coefficient (Wildman–Crippen LogP) is 5.27. The van der Waals surface area contributed by atoms with Gasteiger partial charge in [0.15, 0.2) is 0 Å². The number of hydrogen-bond donors (Lipinski definition) is 1. The normalized spacial score (nSPS) is 13.1. The van der Waals surface area contributed by atoms with Crippen LogP contribution in [0, 0.1) is 5.92 Å². The molecule has 0 bridgehead atoms. The molecular formula is C17H31NS. The van der Waals surface area contributed by atoms with E-state index < -0.39 is 0 Å². The molecule has 0 fully saturated rings. The van der Waals surface area contributed by atoms with Gasteiger partial charge in [0.05, 0.1) is 0 Å². The maximum atomic E-state index is 3.81. The average molecular weight is 282 g/mol. The minimum atomic E-state index is 0.710. The maximum Gasteiger partial charge on any atom is 0.00987 e. The summed E-state index contributed by atoms with van der Waals surface area (Å²) in [6.07, 6.45) is 9.15. The zero-order valence-electron chi connectivity index (χ0n) is 13.0. The van der Waals surface area contributed by atoms with Crippen LogP contribution in [-0.2, 0) is 6.42 Å². The zero-order valence-corrected chi connectivity index (χ0v) is 13.8. The fraction of sp³-hybridized carbons (Fsp3) is 0.765. The Morgan fingerprint density at radius 2 is 1.79 bits per heavy atom. The summed E-state index contributed by atoms with van der Waals surface area (Å²) in [5.74, 6) is 0.863. The Kier molecular flexibility index (Phi) is 9.19. The van der Waals surface area contributed by atoms with Crippen LogP contribution in [0.25, 0.3) is 0 Å². The molecule has 0 saturated heterocycles. The Morgan fingerprint density at radius 1 is 1.05 bits per heavy atom.